The molecule has 0 aromatic heterocycles. The van der Waals surface area contributed by atoms with Gasteiger partial charge in [0, 0.05) is 19.0 Å². The van der Waals surface area contributed by atoms with Crippen LogP contribution in [0.1, 0.15) is 17.0 Å². The number of nitrogens with one attached hydrogen (secondary N) is 1. The van der Waals surface area contributed by atoms with Crippen LogP contribution < -0.4 is 5.32 Å². The van der Waals surface area contributed by atoms with Gasteiger partial charge in [-0.15, -0.1) is 0 Å². The van der Waals surface area contributed by atoms with E-state index in [0.717, 1.165) is 11.1 Å². The van der Waals surface area contributed by atoms with Gasteiger partial charge in [0.15, 0.2) is 9.84 Å². The largest absolute Gasteiger partial charge is 0.314 e. The number of benzene rings is 2. The Hall–Kier alpha value is -1.65. The fraction of sp³-hybridized carbons (Fsp3) is 0.294. The third-order valence-corrected chi connectivity index (χ3v) is 6.20. The molecule has 1 saturated heterocycles. The van der Waals surface area contributed by atoms with Gasteiger partial charge in [-0.2, -0.15) is 0 Å². The van der Waals surface area contributed by atoms with E-state index in [4.69, 9.17) is 0 Å². The number of sulfone groups is 1. The van der Waals surface area contributed by atoms with Crippen LogP contribution in [0.3, 0.4) is 0 Å². The van der Waals surface area contributed by atoms with Gasteiger partial charge in [0.25, 0.3) is 0 Å². The molecule has 0 radical (unpaired) electrons. The third kappa shape index (κ3) is 3.17. The summed E-state index contributed by atoms with van der Waals surface area (Å²) >= 11 is 0. The summed E-state index contributed by atoms with van der Waals surface area (Å²) in [7, 11) is -3.08. The Bertz CT molecular complexity index is 640. The van der Waals surface area contributed by atoms with E-state index in [0.29, 0.717) is 13.1 Å². The van der Waals surface area contributed by atoms with Gasteiger partial charge in [-0.3, -0.25) is 0 Å². The second kappa shape index (κ2) is 6.00. The van der Waals surface area contributed by atoms with Gasteiger partial charge >= 0.3 is 0 Å². The van der Waals surface area contributed by atoms with Gasteiger partial charge in [0.1, 0.15) is 0 Å². The van der Waals surface area contributed by atoms with Crippen LogP contribution in [0.4, 0.5) is 0 Å². The molecule has 1 aliphatic rings. The van der Waals surface area contributed by atoms with Gasteiger partial charge in [0.2, 0.25) is 0 Å². The van der Waals surface area contributed by atoms with E-state index in [-0.39, 0.29) is 16.9 Å². The maximum atomic E-state index is 12.5. The highest BCUT2D eigenvalue weighted by Gasteiger charge is 2.33. The van der Waals surface area contributed by atoms with Crippen LogP contribution in [0, 0.1) is 0 Å². The maximum absolute atomic E-state index is 12.5. The number of hydrogen-bond acceptors (Lipinski definition) is 3. The lowest BCUT2D eigenvalue weighted by atomic mass is 9.93. The highest BCUT2D eigenvalue weighted by atomic mass is 32.2. The van der Waals surface area contributed by atoms with Gasteiger partial charge in [0.05, 0.1) is 11.0 Å². The van der Waals surface area contributed by atoms with Gasteiger partial charge in [-0.05, 0) is 11.1 Å². The van der Waals surface area contributed by atoms with Gasteiger partial charge in [-0.1, -0.05) is 60.7 Å². The zero-order valence-corrected chi connectivity index (χ0v) is 12.6. The minimum absolute atomic E-state index is 0.0991. The van der Waals surface area contributed by atoms with Crippen LogP contribution in [0.2, 0.25) is 0 Å². The lowest BCUT2D eigenvalue weighted by Gasteiger charge is -2.29. The predicted molar refractivity (Wildman–Crippen MR) is 85.2 cm³/mol. The fourth-order valence-corrected chi connectivity index (χ4v) is 4.51. The van der Waals surface area contributed by atoms with E-state index >= 15 is 0 Å². The molecule has 1 heterocycles. The summed E-state index contributed by atoms with van der Waals surface area (Å²) in [5.41, 5.74) is 2.11. The molecule has 3 nitrogen and oxygen atoms in total. The van der Waals surface area contributed by atoms with Crippen LogP contribution in [0.5, 0.6) is 0 Å². The van der Waals surface area contributed by atoms with E-state index in [9.17, 15) is 8.42 Å². The Morgan fingerprint density at radius 2 is 1.38 bits per heavy atom. The van der Waals surface area contributed by atoms with E-state index in [1.54, 1.807) is 0 Å². The quantitative estimate of drug-likeness (QED) is 0.921. The summed E-state index contributed by atoms with van der Waals surface area (Å²) in [6, 6.07) is 19.8. The van der Waals surface area contributed by atoms with Crippen molar-refractivity contribution in [2.24, 2.45) is 0 Å². The highest BCUT2D eigenvalue weighted by molar-refractivity contribution is 7.92. The standard InChI is InChI=1S/C17H19NO2S/c19-21(20,16-11-18-12-16)13-17(14-7-3-1-4-8-14)15-9-5-2-6-10-15/h1-10,16-18H,11-13H2. The molecular weight excluding hydrogens is 282 g/mol. The van der Waals surface area contributed by atoms with Crippen molar-refractivity contribution in [3.05, 3.63) is 71.8 Å². The molecule has 2 aromatic carbocycles. The topological polar surface area (TPSA) is 46.2 Å². The van der Waals surface area contributed by atoms with Crippen molar-refractivity contribution in [1.29, 1.82) is 0 Å². The van der Waals surface area contributed by atoms with E-state index in [1.807, 2.05) is 60.7 Å². The molecule has 1 N–H and O–H groups in total. The average Bonchev–Trinajstić information content (AvgIpc) is 2.44. The smallest absolute Gasteiger partial charge is 0.156 e. The van der Waals surface area contributed by atoms with Crippen molar-refractivity contribution in [3.8, 4) is 0 Å². The summed E-state index contributed by atoms with van der Waals surface area (Å²) in [5, 5.41) is 2.81. The van der Waals surface area contributed by atoms with E-state index in [1.165, 1.54) is 0 Å². The summed E-state index contributed by atoms with van der Waals surface area (Å²) < 4.78 is 25.1. The molecule has 0 aliphatic carbocycles. The van der Waals surface area contributed by atoms with Crippen molar-refractivity contribution >= 4 is 9.84 Å². The minimum Gasteiger partial charge on any atom is -0.314 e. The van der Waals surface area contributed by atoms with Crippen LogP contribution in [-0.2, 0) is 9.84 Å². The fourth-order valence-electron chi connectivity index (χ4n) is 2.64. The molecule has 110 valence electrons. The van der Waals surface area contributed by atoms with Crippen LogP contribution in [0.15, 0.2) is 60.7 Å². The van der Waals surface area contributed by atoms with Crippen molar-refractivity contribution in [2.75, 3.05) is 18.8 Å². The Morgan fingerprint density at radius 1 is 0.905 bits per heavy atom. The first-order valence-corrected chi connectivity index (χ1v) is 8.90. The zero-order valence-electron chi connectivity index (χ0n) is 11.8. The molecule has 1 aliphatic heterocycles. The zero-order chi connectivity index (χ0) is 14.7. The van der Waals surface area contributed by atoms with Gasteiger partial charge in [-0.25, -0.2) is 8.42 Å². The molecule has 0 spiro atoms. The molecule has 0 unspecified atom stereocenters. The molecule has 0 atom stereocenters. The van der Waals surface area contributed by atoms with Crippen LogP contribution in [-0.4, -0.2) is 32.5 Å². The first kappa shape index (κ1) is 14.3. The summed E-state index contributed by atoms with van der Waals surface area (Å²) in [6.07, 6.45) is 0. The third-order valence-electron chi connectivity index (χ3n) is 4.05. The molecule has 1 fully saturated rings. The predicted octanol–water partition coefficient (Wildman–Crippen LogP) is 2.21. The molecule has 21 heavy (non-hydrogen) atoms. The second-order valence-corrected chi connectivity index (χ2v) is 7.81. The van der Waals surface area contributed by atoms with Crippen LogP contribution >= 0.6 is 0 Å². The van der Waals surface area contributed by atoms with Crippen molar-refractivity contribution < 1.29 is 8.42 Å². The van der Waals surface area contributed by atoms with Crippen molar-refractivity contribution in [3.63, 3.8) is 0 Å². The molecular formula is C17H19NO2S. The van der Waals surface area contributed by atoms with Crippen molar-refractivity contribution in [2.45, 2.75) is 11.2 Å². The Kier molecular flexibility index (Phi) is 4.08. The molecule has 0 bridgehead atoms. The molecule has 4 heteroatoms. The minimum atomic E-state index is -3.08. The lowest BCUT2D eigenvalue weighted by Crippen LogP contribution is -2.52. The highest BCUT2D eigenvalue weighted by Crippen LogP contribution is 2.27. The van der Waals surface area contributed by atoms with Crippen molar-refractivity contribution in [1.82, 2.24) is 5.32 Å². The Morgan fingerprint density at radius 3 is 1.76 bits per heavy atom. The molecule has 2 aromatic rings. The number of hydrogen-bond donors (Lipinski definition) is 1. The van der Waals surface area contributed by atoms with E-state index in [2.05, 4.69) is 5.32 Å². The number of rotatable bonds is 5. The molecule has 0 amide bonds. The van der Waals surface area contributed by atoms with Crippen LogP contribution in [0.25, 0.3) is 0 Å². The average molecular weight is 301 g/mol. The van der Waals surface area contributed by atoms with E-state index < -0.39 is 9.84 Å². The monoisotopic (exact) mass is 301 g/mol. The summed E-state index contributed by atoms with van der Waals surface area (Å²) in [6.45, 7) is 1.16. The Labute approximate surface area is 125 Å². The Balaban J connectivity index is 1.93. The SMILES string of the molecule is O=S(=O)(CC(c1ccccc1)c1ccccc1)C1CNC1. The first-order chi connectivity index (χ1) is 10.2. The summed E-state index contributed by atoms with van der Waals surface area (Å²) in [5.74, 6) is 0.0749. The van der Waals surface area contributed by atoms with Gasteiger partial charge < -0.3 is 5.32 Å². The lowest BCUT2D eigenvalue weighted by molar-refractivity contribution is 0.494. The first-order valence-electron chi connectivity index (χ1n) is 7.19. The molecule has 3 rings (SSSR count). The summed E-state index contributed by atoms with van der Waals surface area (Å²) in [4.78, 5) is 0. The maximum Gasteiger partial charge on any atom is 0.156 e. The molecule has 0 saturated carbocycles. The normalized spacial score (nSPS) is 15.9. The second-order valence-electron chi connectivity index (χ2n) is 5.48.